The van der Waals surface area contributed by atoms with Crippen molar-refractivity contribution in [3.05, 3.63) is 63.1 Å². The summed E-state index contributed by atoms with van der Waals surface area (Å²) in [6.07, 6.45) is 3.22. The van der Waals surface area contributed by atoms with E-state index in [1.165, 1.54) is 12.1 Å². The van der Waals surface area contributed by atoms with Gasteiger partial charge in [-0.25, -0.2) is 9.37 Å². The van der Waals surface area contributed by atoms with Gasteiger partial charge in [-0.2, -0.15) is 0 Å². The minimum Gasteiger partial charge on any atom is -0.331 e. The van der Waals surface area contributed by atoms with Crippen LogP contribution in [0.1, 0.15) is 42.4 Å². The van der Waals surface area contributed by atoms with Gasteiger partial charge >= 0.3 is 0 Å². The van der Waals surface area contributed by atoms with Gasteiger partial charge in [0.25, 0.3) is 5.91 Å². The monoisotopic (exact) mass is 477 g/mol. The summed E-state index contributed by atoms with van der Waals surface area (Å²) < 4.78 is 16.1. The van der Waals surface area contributed by atoms with Gasteiger partial charge in [-0.05, 0) is 77.5 Å². The number of fused-ring (bicyclic) bond motifs is 1. The first-order valence-electron chi connectivity index (χ1n) is 9.85. The summed E-state index contributed by atoms with van der Waals surface area (Å²) >= 11 is 9.38. The highest BCUT2D eigenvalue weighted by atomic mass is 79.9. The lowest BCUT2D eigenvalue weighted by molar-refractivity contribution is 0.0728. The van der Waals surface area contributed by atoms with Gasteiger partial charge in [-0.1, -0.05) is 18.5 Å². The van der Waals surface area contributed by atoms with Crippen molar-refractivity contribution < 1.29 is 9.18 Å². The lowest BCUT2D eigenvalue weighted by Gasteiger charge is -2.23. The average molecular weight is 479 g/mol. The molecule has 1 aromatic heterocycles. The maximum atomic E-state index is 13.6. The second-order valence-electron chi connectivity index (χ2n) is 7.57. The molecule has 0 radical (unpaired) electrons. The van der Waals surface area contributed by atoms with E-state index < -0.39 is 0 Å². The summed E-state index contributed by atoms with van der Waals surface area (Å²) in [6.45, 7) is 4.02. The highest BCUT2D eigenvalue weighted by Gasteiger charge is 2.29. The zero-order chi connectivity index (χ0) is 20.5. The molecule has 0 aliphatic heterocycles. The number of carbonyl (C=O) groups excluding carboxylic acids is 1. The van der Waals surface area contributed by atoms with Crippen LogP contribution in [0.25, 0.3) is 11.0 Å². The number of aromatic nitrogens is 2. The first-order valence-corrected chi connectivity index (χ1v) is 11.0. The van der Waals surface area contributed by atoms with Crippen molar-refractivity contribution in [2.24, 2.45) is 5.92 Å². The molecule has 29 heavy (non-hydrogen) atoms. The van der Waals surface area contributed by atoms with Crippen LogP contribution in [0.15, 0.2) is 40.9 Å². The number of halogens is 3. The van der Waals surface area contributed by atoms with Crippen LogP contribution in [0, 0.1) is 11.7 Å². The summed E-state index contributed by atoms with van der Waals surface area (Å²) in [7, 11) is 0. The molecule has 7 heteroatoms. The van der Waals surface area contributed by atoms with E-state index in [0.717, 1.165) is 42.7 Å². The number of imidazole rings is 1. The van der Waals surface area contributed by atoms with E-state index in [-0.39, 0.29) is 11.7 Å². The third kappa shape index (κ3) is 4.48. The van der Waals surface area contributed by atoms with E-state index in [4.69, 9.17) is 16.6 Å². The van der Waals surface area contributed by atoms with E-state index in [1.54, 1.807) is 6.07 Å². The van der Waals surface area contributed by atoms with Crippen LogP contribution >= 0.6 is 27.5 Å². The third-order valence-electron chi connectivity index (χ3n) is 5.20. The smallest absolute Gasteiger partial charge is 0.254 e. The molecule has 0 unspecified atom stereocenters. The third-order valence-corrected chi connectivity index (χ3v) is 6.04. The Morgan fingerprint density at radius 1 is 1.31 bits per heavy atom. The predicted molar refractivity (Wildman–Crippen MR) is 117 cm³/mol. The lowest BCUT2D eigenvalue weighted by Crippen LogP contribution is -2.33. The Morgan fingerprint density at radius 3 is 2.79 bits per heavy atom. The summed E-state index contributed by atoms with van der Waals surface area (Å²) in [5, 5.41) is 0.670. The molecular formula is C22H22BrClFN3O. The fraction of sp³-hybridized carbons (Fsp3) is 0.364. The van der Waals surface area contributed by atoms with Crippen LogP contribution in [0.3, 0.4) is 0 Å². The van der Waals surface area contributed by atoms with Crippen LogP contribution in [0.2, 0.25) is 5.02 Å². The number of aryl methyl sites for hydroxylation is 1. The van der Waals surface area contributed by atoms with Gasteiger partial charge in [0.1, 0.15) is 11.6 Å². The molecule has 1 heterocycles. The summed E-state index contributed by atoms with van der Waals surface area (Å²) in [6, 6.07) is 10.1. The fourth-order valence-corrected chi connectivity index (χ4v) is 4.10. The predicted octanol–water partition coefficient (Wildman–Crippen LogP) is 6.05. The van der Waals surface area contributed by atoms with Gasteiger partial charge in [0, 0.05) is 23.7 Å². The van der Waals surface area contributed by atoms with Crippen LogP contribution in [-0.4, -0.2) is 26.9 Å². The number of amides is 1. The molecule has 0 atom stereocenters. The number of benzene rings is 2. The van der Waals surface area contributed by atoms with Gasteiger partial charge in [0.2, 0.25) is 0 Å². The van der Waals surface area contributed by atoms with Crippen LogP contribution in [-0.2, 0) is 13.1 Å². The molecule has 2 aromatic carbocycles. The molecule has 1 amide bonds. The van der Waals surface area contributed by atoms with E-state index >= 15 is 0 Å². The molecule has 0 spiro atoms. The molecule has 1 fully saturated rings. The Kier molecular flexibility index (Phi) is 5.93. The zero-order valence-corrected chi connectivity index (χ0v) is 18.5. The number of hydrogen-bond acceptors (Lipinski definition) is 2. The standard InChI is InChI=1S/C22H22BrClFN3O/c1-2-9-28-20-11-16(24)6-8-19(20)26-21(28)13-27(12-14-3-4-14)22(29)15-5-7-18(25)17(23)10-15/h5-8,10-11,14H,2-4,9,12-13H2,1H3. The van der Waals surface area contributed by atoms with Crippen molar-refractivity contribution in [1.82, 2.24) is 14.5 Å². The number of nitrogens with zero attached hydrogens (tertiary/aromatic N) is 3. The molecular weight excluding hydrogens is 457 g/mol. The minimum atomic E-state index is -0.378. The van der Waals surface area contributed by atoms with Crippen molar-refractivity contribution in [3.8, 4) is 0 Å². The largest absolute Gasteiger partial charge is 0.331 e. The normalized spacial score (nSPS) is 13.8. The van der Waals surface area contributed by atoms with Crippen molar-refractivity contribution >= 4 is 44.5 Å². The Morgan fingerprint density at radius 2 is 2.10 bits per heavy atom. The lowest BCUT2D eigenvalue weighted by atomic mass is 10.2. The first-order chi connectivity index (χ1) is 14.0. The Balaban J connectivity index is 1.68. The van der Waals surface area contributed by atoms with E-state index in [2.05, 4.69) is 27.4 Å². The maximum Gasteiger partial charge on any atom is 0.254 e. The number of hydrogen-bond donors (Lipinski definition) is 0. The summed E-state index contributed by atoms with van der Waals surface area (Å²) in [4.78, 5) is 19.9. The highest BCUT2D eigenvalue weighted by Crippen LogP contribution is 2.31. The van der Waals surface area contributed by atoms with Crippen molar-refractivity contribution in [1.29, 1.82) is 0 Å². The summed E-state index contributed by atoms with van der Waals surface area (Å²) in [5.41, 5.74) is 2.33. The average Bonchev–Trinajstić information content (AvgIpc) is 3.46. The van der Waals surface area contributed by atoms with Crippen molar-refractivity contribution in [2.45, 2.75) is 39.3 Å². The topological polar surface area (TPSA) is 38.1 Å². The van der Waals surface area contributed by atoms with E-state index in [1.807, 2.05) is 23.1 Å². The van der Waals surface area contributed by atoms with Crippen molar-refractivity contribution in [3.63, 3.8) is 0 Å². The molecule has 1 saturated carbocycles. The minimum absolute atomic E-state index is 0.106. The van der Waals surface area contributed by atoms with Gasteiger partial charge < -0.3 is 9.47 Å². The molecule has 4 nitrogen and oxygen atoms in total. The quantitative estimate of drug-likeness (QED) is 0.414. The van der Waals surface area contributed by atoms with Crippen LogP contribution in [0.4, 0.5) is 4.39 Å². The highest BCUT2D eigenvalue weighted by molar-refractivity contribution is 9.10. The summed E-state index contributed by atoms with van der Waals surface area (Å²) in [5.74, 6) is 0.892. The molecule has 0 N–H and O–H groups in total. The van der Waals surface area contributed by atoms with E-state index in [9.17, 15) is 9.18 Å². The van der Waals surface area contributed by atoms with E-state index in [0.29, 0.717) is 34.1 Å². The van der Waals surface area contributed by atoms with Crippen LogP contribution in [0.5, 0.6) is 0 Å². The number of carbonyl (C=O) groups is 1. The SMILES string of the molecule is CCCn1c(CN(CC2CC2)C(=O)c2ccc(F)c(Br)c2)nc2ccc(Cl)cc21. The van der Waals surface area contributed by atoms with Crippen LogP contribution < -0.4 is 0 Å². The molecule has 0 saturated heterocycles. The van der Waals surface area contributed by atoms with Gasteiger partial charge in [0.15, 0.2) is 0 Å². The van der Waals surface area contributed by atoms with Crippen molar-refractivity contribution in [2.75, 3.05) is 6.54 Å². The molecule has 152 valence electrons. The van der Waals surface area contributed by atoms with Gasteiger partial charge in [-0.3, -0.25) is 4.79 Å². The van der Waals surface area contributed by atoms with Gasteiger partial charge in [0.05, 0.1) is 22.1 Å². The molecule has 4 rings (SSSR count). The Hall–Kier alpha value is -1.92. The maximum absolute atomic E-state index is 13.6. The second-order valence-corrected chi connectivity index (χ2v) is 8.86. The van der Waals surface area contributed by atoms with Gasteiger partial charge in [-0.15, -0.1) is 0 Å². The molecule has 0 bridgehead atoms. The Labute approximate surface area is 182 Å². The molecule has 1 aliphatic rings. The second kappa shape index (κ2) is 8.44. The Bertz CT molecular complexity index is 1060. The first kappa shape index (κ1) is 20.4. The number of rotatable bonds is 7. The fourth-order valence-electron chi connectivity index (χ4n) is 3.55. The zero-order valence-electron chi connectivity index (χ0n) is 16.2. The molecule has 1 aliphatic carbocycles. The molecule has 3 aromatic rings.